The number of rotatable bonds is 6. The number of aromatic nitrogens is 2. The molecule has 8 nitrogen and oxygen atoms in total. The molecule has 0 spiro atoms. The Labute approximate surface area is 215 Å². The van der Waals surface area contributed by atoms with Gasteiger partial charge >= 0.3 is 0 Å². The Morgan fingerprint density at radius 3 is 2.39 bits per heavy atom. The number of methoxy groups -OCH3 is 1. The van der Waals surface area contributed by atoms with Gasteiger partial charge in [0.2, 0.25) is 5.88 Å². The van der Waals surface area contributed by atoms with Crippen LogP contribution >= 0.6 is 0 Å². The largest absolute Gasteiger partial charge is 0.480 e. The maximum Gasteiger partial charge on any atom is 0.225 e. The number of anilines is 1. The van der Waals surface area contributed by atoms with Crippen LogP contribution < -0.4 is 15.4 Å². The van der Waals surface area contributed by atoms with E-state index in [-0.39, 0.29) is 6.04 Å². The van der Waals surface area contributed by atoms with Gasteiger partial charge < -0.3 is 20.3 Å². The summed E-state index contributed by atoms with van der Waals surface area (Å²) in [5.74, 6) is 1.43. The van der Waals surface area contributed by atoms with Gasteiger partial charge in [0.05, 0.1) is 24.1 Å². The Morgan fingerprint density at radius 2 is 1.83 bits per heavy atom. The van der Waals surface area contributed by atoms with Crippen molar-refractivity contribution in [3.05, 3.63) is 53.0 Å². The highest BCUT2D eigenvalue weighted by Crippen LogP contribution is 2.44. The second kappa shape index (κ2) is 12.0. The molecule has 8 heteroatoms. The number of hydrogen-bond acceptors (Lipinski definition) is 7. The zero-order valence-electron chi connectivity index (χ0n) is 22.8. The van der Waals surface area contributed by atoms with Crippen molar-refractivity contribution in [2.75, 3.05) is 39.2 Å². The molecule has 0 amide bonds. The van der Waals surface area contributed by atoms with Crippen LogP contribution in [0.15, 0.2) is 41.2 Å². The lowest BCUT2D eigenvalue weighted by Gasteiger charge is -2.33. The molecule has 1 aromatic carbocycles. The zero-order chi connectivity index (χ0) is 26.4. The van der Waals surface area contributed by atoms with Crippen molar-refractivity contribution in [3.8, 4) is 5.88 Å². The number of nitrogens with zero attached hydrogens (tertiary/aromatic N) is 5. The van der Waals surface area contributed by atoms with E-state index in [1.165, 1.54) is 0 Å². The van der Waals surface area contributed by atoms with Crippen LogP contribution in [0.2, 0.25) is 0 Å². The number of amidine groups is 1. The van der Waals surface area contributed by atoms with E-state index in [2.05, 4.69) is 40.8 Å². The smallest absolute Gasteiger partial charge is 0.225 e. The Bertz CT molecular complexity index is 1120. The van der Waals surface area contributed by atoms with Crippen LogP contribution in [-0.2, 0) is 0 Å². The van der Waals surface area contributed by atoms with Gasteiger partial charge in [-0.15, -0.1) is 0 Å². The van der Waals surface area contributed by atoms with Gasteiger partial charge in [-0.25, -0.2) is 9.97 Å². The van der Waals surface area contributed by atoms with Gasteiger partial charge in [-0.05, 0) is 51.0 Å². The van der Waals surface area contributed by atoms with Gasteiger partial charge in [-0.2, -0.15) is 0 Å². The summed E-state index contributed by atoms with van der Waals surface area (Å²) in [6.45, 7) is 9.68. The van der Waals surface area contributed by atoms with E-state index in [1.54, 1.807) is 18.3 Å². The molecule has 0 atom stereocenters. The van der Waals surface area contributed by atoms with E-state index in [0.29, 0.717) is 29.9 Å². The predicted molar refractivity (Wildman–Crippen MR) is 149 cm³/mol. The molecule has 4 rings (SSSR count). The topological polar surface area (TPSA) is 104 Å². The summed E-state index contributed by atoms with van der Waals surface area (Å²) in [7, 11) is 5.39. The summed E-state index contributed by atoms with van der Waals surface area (Å²) < 4.78 is 5.62. The minimum Gasteiger partial charge on any atom is -0.480 e. The molecule has 194 valence electrons. The lowest BCUT2D eigenvalue weighted by Crippen LogP contribution is -2.37. The lowest BCUT2D eigenvalue weighted by atomic mass is 9.94. The number of nitrogens with two attached hydrogens (primary N) is 1. The molecule has 2 aromatic rings. The quantitative estimate of drug-likeness (QED) is 0.448. The van der Waals surface area contributed by atoms with Gasteiger partial charge in [-0.1, -0.05) is 13.8 Å². The number of piperidine rings is 1. The standard InChI is InChI=1S/C26H35N7O.C2H6/c1-16(2)31-21-12-13-33(19-10-8-18(9-11-19)25(28)32(3)4)14-20(21)23(27)22-24(17-6-7-17)29-15-30-26(22)34-5;1-2/h8-11,15-17,28H,6-7,12-14,27H2,1-5H3;1-2H3/b23-20-,28-25?,31-21?;. The summed E-state index contributed by atoms with van der Waals surface area (Å²) in [5, 5.41) is 8.22. The summed E-state index contributed by atoms with van der Waals surface area (Å²) in [6.07, 6.45) is 4.60. The number of ether oxygens (including phenoxy) is 1. The molecule has 1 aromatic heterocycles. The second-order valence-corrected chi connectivity index (χ2v) is 9.44. The first-order chi connectivity index (χ1) is 17.3. The van der Waals surface area contributed by atoms with E-state index in [1.807, 2.05) is 40.1 Å². The number of hydrogen-bond donors (Lipinski definition) is 2. The molecule has 2 aliphatic rings. The van der Waals surface area contributed by atoms with Crippen LogP contribution in [0.5, 0.6) is 5.88 Å². The second-order valence-electron chi connectivity index (χ2n) is 9.44. The van der Waals surface area contributed by atoms with Crippen LogP contribution in [0.1, 0.15) is 69.7 Å². The van der Waals surface area contributed by atoms with E-state index in [0.717, 1.165) is 59.6 Å². The Kier molecular flexibility index (Phi) is 9.07. The summed E-state index contributed by atoms with van der Waals surface area (Å²) in [6, 6.07) is 8.33. The molecule has 1 aliphatic heterocycles. The fourth-order valence-electron chi connectivity index (χ4n) is 4.36. The number of aliphatic imine (C=N–C) groups is 1. The molecule has 1 saturated carbocycles. The van der Waals surface area contributed by atoms with Crippen molar-refractivity contribution < 1.29 is 4.74 Å². The van der Waals surface area contributed by atoms with Gasteiger partial charge in [0.1, 0.15) is 12.2 Å². The van der Waals surface area contributed by atoms with E-state index >= 15 is 0 Å². The SMILES string of the molecule is CC.COc1ncnc(C2CC2)c1/C(N)=C1\CN(c2ccc(C(=N)N(C)C)cc2)CCC1=NC(C)C. The molecule has 0 unspecified atom stereocenters. The van der Waals surface area contributed by atoms with Gasteiger partial charge in [0.15, 0.2) is 0 Å². The predicted octanol–water partition coefficient (Wildman–Crippen LogP) is 4.71. The Morgan fingerprint density at radius 1 is 1.17 bits per heavy atom. The fourth-order valence-corrected chi connectivity index (χ4v) is 4.36. The van der Waals surface area contributed by atoms with Gasteiger partial charge in [0, 0.05) is 68.1 Å². The van der Waals surface area contributed by atoms with Crippen molar-refractivity contribution in [2.45, 2.75) is 58.9 Å². The van der Waals surface area contributed by atoms with E-state index in [9.17, 15) is 0 Å². The van der Waals surface area contributed by atoms with E-state index in [4.69, 9.17) is 20.9 Å². The fraction of sp³-hybridized carbons (Fsp3) is 0.500. The van der Waals surface area contributed by atoms with Crippen LogP contribution in [-0.4, -0.2) is 66.8 Å². The third-order valence-corrected chi connectivity index (χ3v) is 6.28. The average Bonchev–Trinajstić information content (AvgIpc) is 3.74. The third-order valence-electron chi connectivity index (χ3n) is 6.28. The number of benzene rings is 1. The third kappa shape index (κ3) is 6.04. The van der Waals surface area contributed by atoms with Crippen molar-refractivity contribution in [2.24, 2.45) is 10.7 Å². The van der Waals surface area contributed by atoms with Crippen LogP contribution in [0.25, 0.3) is 5.70 Å². The molecule has 0 radical (unpaired) electrons. The first-order valence-corrected chi connectivity index (χ1v) is 12.9. The first-order valence-electron chi connectivity index (χ1n) is 12.9. The van der Waals surface area contributed by atoms with Crippen molar-refractivity contribution in [1.29, 1.82) is 5.41 Å². The molecule has 36 heavy (non-hydrogen) atoms. The maximum atomic E-state index is 8.22. The molecule has 3 N–H and O–H groups in total. The first kappa shape index (κ1) is 27.2. The van der Waals surface area contributed by atoms with Crippen molar-refractivity contribution >= 4 is 22.9 Å². The molecular weight excluding hydrogens is 450 g/mol. The van der Waals surface area contributed by atoms with Crippen LogP contribution in [0.3, 0.4) is 0 Å². The molecule has 2 heterocycles. The van der Waals surface area contributed by atoms with Crippen molar-refractivity contribution in [3.63, 3.8) is 0 Å². The lowest BCUT2D eigenvalue weighted by molar-refractivity contribution is 0.394. The molecule has 0 bridgehead atoms. The minimum atomic E-state index is 0.178. The van der Waals surface area contributed by atoms with Gasteiger partial charge in [0.25, 0.3) is 0 Å². The van der Waals surface area contributed by atoms with Crippen LogP contribution in [0.4, 0.5) is 5.69 Å². The molecule has 1 saturated heterocycles. The highest BCUT2D eigenvalue weighted by atomic mass is 16.5. The maximum absolute atomic E-state index is 8.22. The highest BCUT2D eigenvalue weighted by Gasteiger charge is 2.33. The normalized spacial score (nSPS) is 18.0. The highest BCUT2D eigenvalue weighted by molar-refractivity contribution is 6.08. The average molecular weight is 492 g/mol. The summed E-state index contributed by atoms with van der Waals surface area (Å²) in [4.78, 5) is 18.0. The zero-order valence-corrected chi connectivity index (χ0v) is 22.8. The Balaban J connectivity index is 0.00000176. The van der Waals surface area contributed by atoms with Gasteiger partial charge in [-0.3, -0.25) is 10.4 Å². The summed E-state index contributed by atoms with van der Waals surface area (Å²) >= 11 is 0. The minimum absolute atomic E-state index is 0.178. The molecule has 1 aliphatic carbocycles. The number of nitrogens with one attached hydrogen (secondary N) is 1. The monoisotopic (exact) mass is 491 g/mol. The Hall–Kier alpha value is -3.42. The molecule has 2 fully saturated rings. The van der Waals surface area contributed by atoms with Crippen LogP contribution in [0, 0.1) is 5.41 Å². The van der Waals surface area contributed by atoms with Crippen molar-refractivity contribution in [1.82, 2.24) is 14.9 Å². The summed E-state index contributed by atoms with van der Waals surface area (Å²) in [5.41, 5.74) is 13.4. The molecular formula is C28H41N7O. The van der Waals surface area contributed by atoms with E-state index < -0.39 is 0 Å².